The van der Waals surface area contributed by atoms with E-state index in [9.17, 15) is 0 Å². The Balaban J connectivity index is 1.91. The maximum atomic E-state index is 5.48. The minimum atomic E-state index is 0.245. The molecule has 2 rings (SSSR count). The van der Waals surface area contributed by atoms with Gasteiger partial charge in [-0.1, -0.05) is 32.0 Å². The van der Waals surface area contributed by atoms with E-state index in [4.69, 9.17) is 4.74 Å². The van der Waals surface area contributed by atoms with Gasteiger partial charge in [-0.05, 0) is 37.0 Å². The molecule has 1 saturated carbocycles. The van der Waals surface area contributed by atoms with E-state index in [0.717, 1.165) is 13.0 Å². The van der Waals surface area contributed by atoms with Crippen molar-refractivity contribution in [1.29, 1.82) is 0 Å². The first-order valence-corrected chi connectivity index (χ1v) is 6.77. The fourth-order valence-corrected chi connectivity index (χ4v) is 2.79. The molecule has 2 unspecified atom stereocenters. The molecular weight excluding hydrogens is 222 g/mol. The highest BCUT2D eigenvalue weighted by Crippen LogP contribution is 2.42. The summed E-state index contributed by atoms with van der Waals surface area (Å²) in [5.74, 6) is 0. The zero-order chi connectivity index (χ0) is 13.3. The lowest BCUT2D eigenvalue weighted by Crippen LogP contribution is -2.60. The molecule has 2 nitrogen and oxygen atoms in total. The van der Waals surface area contributed by atoms with Gasteiger partial charge in [0.1, 0.15) is 0 Å². The fourth-order valence-electron chi connectivity index (χ4n) is 2.79. The molecule has 0 spiro atoms. The Hall–Kier alpha value is -0.860. The number of benzene rings is 1. The maximum Gasteiger partial charge on any atom is 0.0652 e. The van der Waals surface area contributed by atoms with Crippen molar-refractivity contribution in [2.75, 3.05) is 7.11 Å². The minimum Gasteiger partial charge on any atom is -0.381 e. The second-order valence-corrected chi connectivity index (χ2v) is 6.13. The number of ether oxygens (including phenoxy) is 1. The largest absolute Gasteiger partial charge is 0.381 e. The molecule has 18 heavy (non-hydrogen) atoms. The zero-order valence-electron chi connectivity index (χ0n) is 12.2. The average Bonchev–Trinajstić information content (AvgIpc) is 2.32. The Labute approximate surface area is 111 Å². The molecule has 1 aliphatic carbocycles. The summed E-state index contributed by atoms with van der Waals surface area (Å²) in [6.07, 6.45) is 1.52. The van der Waals surface area contributed by atoms with Crippen molar-refractivity contribution < 1.29 is 4.74 Å². The van der Waals surface area contributed by atoms with Crippen LogP contribution in [-0.2, 0) is 11.3 Å². The third-order valence-electron chi connectivity index (χ3n) is 4.59. The van der Waals surface area contributed by atoms with E-state index in [2.05, 4.69) is 51.2 Å². The van der Waals surface area contributed by atoms with Gasteiger partial charge in [0, 0.05) is 25.1 Å². The van der Waals surface area contributed by atoms with Gasteiger partial charge in [-0.2, -0.15) is 0 Å². The number of nitrogens with one attached hydrogen (secondary N) is 1. The van der Waals surface area contributed by atoms with Crippen molar-refractivity contribution in [3.8, 4) is 0 Å². The molecule has 1 fully saturated rings. The summed E-state index contributed by atoms with van der Waals surface area (Å²) in [4.78, 5) is 0. The molecule has 100 valence electrons. The summed E-state index contributed by atoms with van der Waals surface area (Å²) in [5, 5.41) is 3.66. The molecule has 0 aromatic heterocycles. The Bertz CT molecular complexity index is 425. The van der Waals surface area contributed by atoms with Crippen molar-refractivity contribution in [2.45, 2.75) is 52.8 Å². The molecule has 0 amide bonds. The van der Waals surface area contributed by atoms with Gasteiger partial charge in [-0.25, -0.2) is 0 Å². The Morgan fingerprint density at radius 2 is 2.00 bits per heavy atom. The van der Waals surface area contributed by atoms with Gasteiger partial charge in [0.15, 0.2) is 0 Å². The van der Waals surface area contributed by atoms with Crippen LogP contribution in [-0.4, -0.2) is 19.3 Å². The molecule has 0 radical (unpaired) electrons. The number of rotatable bonds is 4. The Kier molecular flexibility index (Phi) is 3.79. The van der Waals surface area contributed by atoms with Crippen LogP contribution in [0.3, 0.4) is 0 Å². The second-order valence-electron chi connectivity index (χ2n) is 6.13. The van der Waals surface area contributed by atoms with Gasteiger partial charge in [0.05, 0.1) is 6.10 Å². The minimum absolute atomic E-state index is 0.245. The first-order chi connectivity index (χ1) is 8.45. The summed E-state index contributed by atoms with van der Waals surface area (Å²) in [6, 6.07) is 7.26. The number of hydrogen-bond acceptors (Lipinski definition) is 2. The lowest BCUT2D eigenvalue weighted by atomic mass is 9.64. The van der Waals surface area contributed by atoms with Crippen molar-refractivity contribution in [3.05, 3.63) is 34.9 Å². The summed E-state index contributed by atoms with van der Waals surface area (Å²) < 4.78 is 5.48. The van der Waals surface area contributed by atoms with E-state index >= 15 is 0 Å². The van der Waals surface area contributed by atoms with Crippen LogP contribution < -0.4 is 5.32 Å². The number of aryl methyl sites for hydroxylation is 2. The van der Waals surface area contributed by atoms with Gasteiger partial charge in [-0.3, -0.25) is 0 Å². The summed E-state index contributed by atoms with van der Waals surface area (Å²) >= 11 is 0. The highest BCUT2D eigenvalue weighted by molar-refractivity contribution is 5.29. The van der Waals surface area contributed by atoms with Crippen LogP contribution in [0.5, 0.6) is 0 Å². The zero-order valence-corrected chi connectivity index (χ0v) is 12.2. The number of hydrogen-bond donors (Lipinski definition) is 1. The van der Waals surface area contributed by atoms with Crippen LogP contribution in [0.1, 0.15) is 37.0 Å². The predicted molar refractivity (Wildman–Crippen MR) is 75.7 cm³/mol. The quantitative estimate of drug-likeness (QED) is 0.882. The lowest BCUT2D eigenvalue weighted by Gasteiger charge is -2.51. The molecule has 0 aliphatic heterocycles. The van der Waals surface area contributed by atoms with E-state index < -0.39 is 0 Å². The monoisotopic (exact) mass is 247 g/mol. The van der Waals surface area contributed by atoms with Crippen LogP contribution in [0.4, 0.5) is 0 Å². The van der Waals surface area contributed by atoms with E-state index in [1.165, 1.54) is 16.7 Å². The van der Waals surface area contributed by atoms with Crippen LogP contribution in [0, 0.1) is 19.3 Å². The fraction of sp³-hybridized carbons (Fsp3) is 0.625. The van der Waals surface area contributed by atoms with Crippen molar-refractivity contribution in [2.24, 2.45) is 5.41 Å². The average molecular weight is 247 g/mol. The summed E-state index contributed by atoms with van der Waals surface area (Å²) in [5.41, 5.74) is 4.35. The normalized spacial score (nSPS) is 25.8. The second kappa shape index (κ2) is 5.02. The lowest BCUT2D eigenvalue weighted by molar-refractivity contribution is -0.0979. The molecule has 1 aliphatic rings. The molecule has 1 N–H and O–H groups in total. The maximum absolute atomic E-state index is 5.48. The molecule has 2 heteroatoms. The molecule has 0 bridgehead atoms. The van der Waals surface area contributed by atoms with Crippen LogP contribution in [0.15, 0.2) is 18.2 Å². The van der Waals surface area contributed by atoms with Crippen LogP contribution in [0.2, 0.25) is 0 Å². The molecule has 1 aromatic carbocycles. The third-order valence-corrected chi connectivity index (χ3v) is 4.59. The standard InChI is InChI=1S/C16H25NO/c1-11-6-7-13(8-12(11)2)10-17-14-9-15(18-5)16(14,3)4/h6-8,14-15,17H,9-10H2,1-5H3. The van der Waals surface area contributed by atoms with E-state index in [-0.39, 0.29) is 5.41 Å². The third kappa shape index (κ3) is 2.45. The van der Waals surface area contributed by atoms with Gasteiger partial charge in [0.2, 0.25) is 0 Å². The van der Waals surface area contributed by atoms with E-state index in [1.807, 2.05) is 7.11 Å². The first kappa shape index (κ1) is 13.6. The van der Waals surface area contributed by atoms with Crippen molar-refractivity contribution in [1.82, 2.24) is 5.32 Å². The molecule has 1 aromatic rings. The van der Waals surface area contributed by atoms with Crippen LogP contribution >= 0.6 is 0 Å². The SMILES string of the molecule is COC1CC(NCc2ccc(C)c(C)c2)C1(C)C. The van der Waals surface area contributed by atoms with Gasteiger partial charge >= 0.3 is 0 Å². The van der Waals surface area contributed by atoms with Gasteiger partial charge in [-0.15, -0.1) is 0 Å². The molecule has 2 atom stereocenters. The Morgan fingerprint density at radius 1 is 1.28 bits per heavy atom. The van der Waals surface area contributed by atoms with Crippen molar-refractivity contribution >= 4 is 0 Å². The summed E-state index contributed by atoms with van der Waals surface area (Å²) in [6.45, 7) is 9.84. The first-order valence-electron chi connectivity index (χ1n) is 6.77. The number of methoxy groups -OCH3 is 1. The molecular formula is C16H25NO. The highest BCUT2D eigenvalue weighted by atomic mass is 16.5. The van der Waals surface area contributed by atoms with E-state index in [0.29, 0.717) is 12.1 Å². The van der Waals surface area contributed by atoms with Crippen LogP contribution in [0.25, 0.3) is 0 Å². The van der Waals surface area contributed by atoms with E-state index in [1.54, 1.807) is 0 Å². The molecule has 0 saturated heterocycles. The summed E-state index contributed by atoms with van der Waals surface area (Å²) in [7, 11) is 1.81. The molecule has 0 heterocycles. The van der Waals surface area contributed by atoms with Gasteiger partial charge in [0.25, 0.3) is 0 Å². The smallest absolute Gasteiger partial charge is 0.0652 e. The Morgan fingerprint density at radius 3 is 2.56 bits per heavy atom. The predicted octanol–water partition coefficient (Wildman–Crippen LogP) is 3.21. The van der Waals surface area contributed by atoms with Gasteiger partial charge < -0.3 is 10.1 Å². The van der Waals surface area contributed by atoms with Crippen molar-refractivity contribution in [3.63, 3.8) is 0 Å². The topological polar surface area (TPSA) is 21.3 Å². The highest BCUT2D eigenvalue weighted by Gasteiger charge is 2.48.